The first-order valence-electron chi connectivity index (χ1n) is 7.21. The SMILES string of the molecule is CCc1ccsc1CNCc1c(Cl)c(CC)nn1CC. The summed E-state index contributed by atoms with van der Waals surface area (Å²) in [6, 6.07) is 2.21. The van der Waals surface area contributed by atoms with E-state index in [9.17, 15) is 0 Å². The van der Waals surface area contributed by atoms with Gasteiger partial charge < -0.3 is 5.32 Å². The fourth-order valence-electron chi connectivity index (χ4n) is 2.32. The lowest BCUT2D eigenvalue weighted by atomic mass is 10.2. The summed E-state index contributed by atoms with van der Waals surface area (Å²) >= 11 is 8.22. The lowest BCUT2D eigenvalue weighted by Crippen LogP contribution is -2.16. The summed E-state index contributed by atoms with van der Waals surface area (Å²) < 4.78 is 2.00. The summed E-state index contributed by atoms with van der Waals surface area (Å²) in [6.07, 6.45) is 1.97. The van der Waals surface area contributed by atoms with Crippen molar-refractivity contribution in [2.45, 2.75) is 53.2 Å². The van der Waals surface area contributed by atoms with E-state index >= 15 is 0 Å². The molecule has 2 heterocycles. The van der Waals surface area contributed by atoms with Crippen LogP contribution in [0, 0.1) is 0 Å². The van der Waals surface area contributed by atoms with Crippen LogP contribution < -0.4 is 5.32 Å². The van der Waals surface area contributed by atoms with Gasteiger partial charge in [-0.3, -0.25) is 4.68 Å². The Balaban J connectivity index is 2.02. The number of aryl methyl sites for hydroxylation is 3. The summed E-state index contributed by atoms with van der Waals surface area (Å²) in [4.78, 5) is 1.42. The van der Waals surface area contributed by atoms with Crippen molar-refractivity contribution in [1.29, 1.82) is 0 Å². The molecule has 0 aliphatic heterocycles. The van der Waals surface area contributed by atoms with Gasteiger partial charge in [-0.1, -0.05) is 25.4 Å². The van der Waals surface area contributed by atoms with Crippen LogP contribution in [0.4, 0.5) is 0 Å². The fraction of sp³-hybridized carbons (Fsp3) is 0.533. The largest absolute Gasteiger partial charge is 0.306 e. The second-order valence-electron chi connectivity index (χ2n) is 4.70. The van der Waals surface area contributed by atoms with Gasteiger partial charge in [0.05, 0.1) is 16.4 Å². The summed E-state index contributed by atoms with van der Waals surface area (Å²) in [5.74, 6) is 0. The monoisotopic (exact) mass is 311 g/mol. The van der Waals surface area contributed by atoms with Crippen molar-refractivity contribution in [3.63, 3.8) is 0 Å². The number of nitrogens with one attached hydrogen (secondary N) is 1. The molecule has 3 nitrogen and oxygen atoms in total. The topological polar surface area (TPSA) is 29.9 Å². The van der Waals surface area contributed by atoms with Gasteiger partial charge in [0, 0.05) is 24.5 Å². The van der Waals surface area contributed by atoms with Crippen LogP contribution in [-0.4, -0.2) is 9.78 Å². The molecule has 0 saturated heterocycles. The maximum atomic E-state index is 6.41. The van der Waals surface area contributed by atoms with E-state index in [2.05, 4.69) is 42.6 Å². The van der Waals surface area contributed by atoms with E-state index in [1.165, 1.54) is 10.4 Å². The summed E-state index contributed by atoms with van der Waals surface area (Å²) in [7, 11) is 0. The molecule has 0 saturated carbocycles. The minimum atomic E-state index is 0.765. The number of hydrogen-bond acceptors (Lipinski definition) is 3. The van der Waals surface area contributed by atoms with Gasteiger partial charge in [0.1, 0.15) is 0 Å². The van der Waals surface area contributed by atoms with E-state index in [4.69, 9.17) is 11.6 Å². The van der Waals surface area contributed by atoms with Crippen LogP contribution in [0.3, 0.4) is 0 Å². The van der Waals surface area contributed by atoms with Crippen LogP contribution in [0.5, 0.6) is 0 Å². The minimum Gasteiger partial charge on any atom is -0.306 e. The van der Waals surface area contributed by atoms with E-state index in [1.807, 2.05) is 16.0 Å². The number of thiophene rings is 1. The van der Waals surface area contributed by atoms with Gasteiger partial charge in [-0.25, -0.2) is 0 Å². The Morgan fingerprint density at radius 1 is 1.25 bits per heavy atom. The molecule has 2 aromatic rings. The molecular formula is C15H22ClN3S. The number of nitrogens with zero attached hydrogens (tertiary/aromatic N) is 2. The molecule has 0 unspecified atom stereocenters. The van der Waals surface area contributed by atoms with E-state index in [-0.39, 0.29) is 0 Å². The highest BCUT2D eigenvalue weighted by molar-refractivity contribution is 7.10. The van der Waals surface area contributed by atoms with Crippen LogP contribution in [0.25, 0.3) is 0 Å². The van der Waals surface area contributed by atoms with Crippen molar-refractivity contribution in [3.8, 4) is 0 Å². The van der Waals surface area contributed by atoms with Crippen molar-refractivity contribution in [1.82, 2.24) is 15.1 Å². The van der Waals surface area contributed by atoms with Gasteiger partial charge in [-0.05, 0) is 36.8 Å². The summed E-state index contributed by atoms with van der Waals surface area (Å²) in [5.41, 5.74) is 3.53. The van der Waals surface area contributed by atoms with Gasteiger partial charge in [0.15, 0.2) is 0 Å². The molecule has 0 amide bonds. The highest BCUT2D eigenvalue weighted by Crippen LogP contribution is 2.22. The Bertz CT molecular complexity index is 559. The van der Waals surface area contributed by atoms with Crippen molar-refractivity contribution < 1.29 is 0 Å². The minimum absolute atomic E-state index is 0.765. The summed E-state index contributed by atoms with van der Waals surface area (Å²) in [5, 5.41) is 11.0. The Morgan fingerprint density at radius 3 is 2.70 bits per heavy atom. The van der Waals surface area contributed by atoms with E-state index < -0.39 is 0 Å². The quantitative estimate of drug-likeness (QED) is 0.836. The Morgan fingerprint density at radius 2 is 2.05 bits per heavy atom. The average molecular weight is 312 g/mol. The normalized spacial score (nSPS) is 11.2. The second-order valence-corrected chi connectivity index (χ2v) is 6.08. The Kier molecular flexibility index (Phi) is 5.64. The lowest BCUT2D eigenvalue weighted by molar-refractivity contribution is 0.578. The van der Waals surface area contributed by atoms with Crippen LogP contribution in [0.1, 0.15) is 42.6 Å². The molecule has 2 aromatic heterocycles. The second kappa shape index (κ2) is 7.25. The first kappa shape index (κ1) is 15.5. The average Bonchev–Trinajstić information content (AvgIpc) is 3.04. The highest BCUT2D eigenvalue weighted by Gasteiger charge is 2.13. The van der Waals surface area contributed by atoms with E-state index in [0.717, 1.165) is 48.9 Å². The zero-order valence-corrected chi connectivity index (χ0v) is 13.9. The maximum Gasteiger partial charge on any atom is 0.0863 e. The molecule has 1 N–H and O–H groups in total. The summed E-state index contributed by atoms with van der Waals surface area (Å²) in [6.45, 7) is 8.90. The van der Waals surface area contributed by atoms with Crippen molar-refractivity contribution in [2.24, 2.45) is 0 Å². The van der Waals surface area contributed by atoms with Crippen molar-refractivity contribution in [2.75, 3.05) is 0 Å². The van der Waals surface area contributed by atoms with Gasteiger partial charge in [0.25, 0.3) is 0 Å². The number of hydrogen-bond donors (Lipinski definition) is 1. The van der Waals surface area contributed by atoms with Crippen molar-refractivity contribution in [3.05, 3.63) is 38.3 Å². The van der Waals surface area contributed by atoms with E-state index in [0.29, 0.717) is 0 Å². The molecule has 5 heteroatoms. The zero-order chi connectivity index (χ0) is 14.5. The van der Waals surface area contributed by atoms with Gasteiger partial charge in [-0.15, -0.1) is 11.3 Å². The zero-order valence-electron chi connectivity index (χ0n) is 12.4. The smallest absolute Gasteiger partial charge is 0.0863 e. The van der Waals surface area contributed by atoms with Crippen LogP contribution in [0.15, 0.2) is 11.4 Å². The van der Waals surface area contributed by atoms with E-state index in [1.54, 1.807) is 0 Å². The third kappa shape index (κ3) is 3.25. The van der Waals surface area contributed by atoms with Crippen LogP contribution in [0.2, 0.25) is 5.02 Å². The standard InChI is InChI=1S/C15H22ClN3S/c1-4-11-7-8-20-14(11)10-17-9-13-15(16)12(5-2)18-19(13)6-3/h7-8,17H,4-6,9-10H2,1-3H3. The molecule has 0 aliphatic carbocycles. The predicted molar refractivity (Wildman–Crippen MR) is 86.5 cm³/mol. The molecule has 0 radical (unpaired) electrons. The Labute approximate surface area is 130 Å². The molecule has 110 valence electrons. The molecule has 0 atom stereocenters. The molecule has 0 aliphatic rings. The lowest BCUT2D eigenvalue weighted by Gasteiger charge is -2.07. The predicted octanol–water partition coefficient (Wildman–Crippen LogP) is 4.03. The molecular weight excluding hydrogens is 290 g/mol. The fourth-order valence-corrected chi connectivity index (χ4v) is 3.60. The van der Waals surface area contributed by atoms with Gasteiger partial charge >= 0.3 is 0 Å². The first-order chi connectivity index (χ1) is 9.71. The molecule has 2 rings (SSSR count). The van der Waals surface area contributed by atoms with Gasteiger partial charge in [-0.2, -0.15) is 5.10 Å². The third-order valence-electron chi connectivity index (χ3n) is 3.49. The molecule has 0 aromatic carbocycles. The maximum absolute atomic E-state index is 6.41. The van der Waals surface area contributed by atoms with Crippen LogP contribution in [-0.2, 0) is 32.5 Å². The third-order valence-corrected chi connectivity index (χ3v) is 4.89. The Hall–Kier alpha value is -0.840. The first-order valence-corrected chi connectivity index (χ1v) is 8.46. The number of rotatable bonds is 7. The molecule has 0 fully saturated rings. The molecule has 20 heavy (non-hydrogen) atoms. The number of halogens is 1. The van der Waals surface area contributed by atoms with Crippen molar-refractivity contribution >= 4 is 22.9 Å². The number of aromatic nitrogens is 2. The van der Waals surface area contributed by atoms with Crippen LogP contribution >= 0.6 is 22.9 Å². The van der Waals surface area contributed by atoms with Gasteiger partial charge in [0.2, 0.25) is 0 Å². The molecule has 0 spiro atoms. The highest BCUT2D eigenvalue weighted by atomic mass is 35.5. The molecule has 0 bridgehead atoms.